The molecule has 6 aliphatic rings. The number of carbonyl (C=O) groups excluding carboxylic acids is 4. The van der Waals surface area contributed by atoms with E-state index >= 15 is 0 Å². The van der Waals surface area contributed by atoms with E-state index in [9.17, 15) is 27.6 Å². The van der Waals surface area contributed by atoms with Crippen LogP contribution in [-0.4, -0.2) is 77.6 Å². The number of hydrogen-bond acceptors (Lipinski definition) is 9. The highest BCUT2D eigenvalue weighted by Gasteiger charge is 2.62. The molecule has 1 saturated heterocycles. The number of aromatic nitrogens is 1. The number of fused-ring (bicyclic) bond motifs is 4. The Labute approximate surface area is 310 Å². The Hall–Kier alpha value is -4.00. The minimum absolute atomic E-state index is 0.0276. The molecule has 4 aliphatic carbocycles. The average molecular weight is 747 g/mol. The van der Waals surface area contributed by atoms with Crippen molar-refractivity contribution in [2.45, 2.75) is 125 Å². The van der Waals surface area contributed by atoms with Crippen molar-refractivity contribution in [1.29, 1.82) is 0 Å². The van der Waals surface area contributed by atoms with Crippen LogP contribution in [0, 0.1) is 23.7 Å². The van der Waals surface area contributed by atoms with Crippen molar-refractivity contribution in [3.63, 3.8) is 0 Å². The fourth-order valence-electron chi connectivity index (χ4n) is 9.47. The van der Waals surface area contributed by atoms with E-state index in [1.807, 2.05) is 6.07 Å². The standard InChI is InChI=1S/C40H50N4O8S/c1-2-28-22-40(28,39(48)43-53(49,50)30-15-16-30)42-36(46)33-20-29-23-44(33)38(47)32(25-8-3-4-9-25)21-35(45)52-34-12-6-11-27(34)10-5-7-24-13-14-26-17-18-41-37(51-29)31(26)19-24/h2,13-14,17-19,25,27-30,32-34H,1,3-12,15-16,20-23H2,(H,42,46)(H,43,48)/t27-,28+,29-,32+,33+,34-,40-/m1/s1. The molecule has 5 fully saturated rings. The largest absolute Gasteiger partial charge is 0.472 e. The van der Waals surface area contributed by atoms with Gasteiger partial charge >= 0.3 is 5.97 Å². The molecule has 13 heteroatoms. The first-order valence-corrected chi connectivity index (χ1v) is 21.1. The molecule has 53 heavy (non-hydrogen) atoms. The molecule has 2 aromatic rings. The molecule has 3 heterocycles. The molecule has 2 aliphatic heterocycles. The summed E-state index contributed by atoms with van der Waals surface area (Å²) in [6.45, 7) is 3.89. The minimum Gasteiger partial charge on any atom is -0.472 e. The highest BCUT2D eigenvalue weighted by molar-refractivity contribution is 7.91. The van der Waals surface area contributed by atoms with Crippen molar-refractivity contribution in [2.24, 2.45) is 23.7 Å². The molecule has 0 radical (unpaired) electrons. The van der Waals surface area contributed by atoms with Crippen molar-refractivity contribution >= 4 is 44.5 Å². The Balaban J connectivity index is 1.12. The summed E-state index contributed by atoms with van der Waals surface area (Å²) >= 11 is 0. The van der Waals surface area contributed by atoms with Crippen LogP contribution in [0.5, 0.6) is 5.88 Å². The zero-order chi connectivity index (χ0) is 36.9. The fourth-order valence-corrected chi connectivity index (χ4v) is 10.8. The molecule has 2 N–H and O–H groups in total. The van der Waals surface area contributed by atoms with Gasteiger partial charge in [-0.2, -0.15) is 0 Å². The monoisotopic (exact) mass is 746 g/mol. The molecule has 1 aromatic heterocycles. The molecule has 0 spiro atoms. The number of ether oxygens (including phenoxy) is 2. The van der Waals surface area contributed by atoms with E-state index in [4.69, 9.17) is 9.47 Å². The molecule has 4 saturated carbocycles. The van der Waals surface area contributed by atoms with Crippen LogP contribution in [0.1, 0.15) is 95.5 Å². The van der Waals surface area contributed by atoms with Crippen molar-refractivity contribution in [3.05, 3.63) is 48.7 Å². The highest BCUT2D eigenvalue weighted by Crippen LogP contribution is 2.46. The lowest BCUT2D eigenvalue weighted by Crippen LogP contribution is -2.57. The van der Waals surface area contributed by atoms with Gasteiger partial charge in [0, 0.05) is 23.9 Å². The second kappa shape index (κ2) is 14.3. The van der Waals surface area contributed by atoms with Gasteiger partial charge in [0.05, 0.1) is 24.1 Å². The van der Waals surface area contributed by atoms with Gasteiger partial charge in [0.2, 0.25) is 27.7 Å². The lowest BCUT2D eigenvalue weighted by molar-refractivity contribution is -0.156. The molecule has 0 unspecified atom stereocenters. The van der Waals surface area contributed by atoms with Crippen molar-refractivity contribution in [1.82, 2.24) is 19.9 Å². The van der Waals surface area contributed by atoms with Gasteiger partial charge in [-0.3, -0.25) is 23.9 Å². The Kier molecular flexibility index (Phi) is 9.74. The van der Waals surface area contributed by atoms with Crippen LogP contribution >= 0.6 is 0 Å². The average Bonchev–Trinajstić information content (AvgIpc) is 3.93. The first kappa shape index (κ1) is 36.0. The van der Waals surface area contributed by atoms with Gasteiger partial charge in [-0.1, -0.05) is 31.1 Å². The van der Waals surface area contributed by atoms with Gasteiger partial charge in [-0.25, -0.2) is 13.4 Å². The summed E-state index contributed by atoms with van der Waals surface area (Å²) in [5, 5.41) is 4.08. The van der Waals surface area contributed by atoms with Gasteiger partial charge < -0.3 is 19.7 Å². The number of hydrogen-bond donors (Lipinski definition) is 2. The number of aryl methyl sites for hydroxylation is 1. The summed E-state index contributed by atoms with van der Waals surface area (Å²) in [7, 11) is -3.87. The Bertz CT molecular complexity index is 1910. The Morgan fingerprint density at radius 1 is 0.962 bits per heavy atom. The molecule has 1 aromatic carbocycles. The van der Waals surface area contributed by atoms with Crippen molar-refractivity contribution < 1.29 is 37.1 Å². The molecule has 4 bridgehead atoms. The number of rotatable bonds is 7. The summed E-state index contributed by atoms with van der Waals surface area (Å²) in [4.78, 5) is 62.5. The summed E-state index contributed by atoms with van der Waals surface area (Å²) < 4.78 is 40.4. The van der Waals surface area contributed by atoms with Crippen LogP contribution in [0.15, 0.2) is 43.1 Å². The zero-order valence-corrected chi connectivity index (χ0v) is 31.0. The fraction of sp³-hybridized carbons (Fsp3) is 0.625. The number of nitrogens with zero attached hydrogens (tertiary/aromatic N) is 2. The van der Waals surface area contributed by atoms with Gasteiger partial charge in [0.15, 0.2) is 0 Å². The predicted octanol–water partition coefficient (Wildman–Crippen LogP) is 4.50. The topological polar surface area (TPSA) is 161 Å². The number of pyridine rings is 1. The summed E-state index contributed by atoms with van der Waals surface area (Å²) in [5.74, 6) is -2.52. The normalized spacial score (nSPS) is 32.3. The third-order valence-corrected chi connectivity index (χ3v) is 14.6. The van der Waals surface area contributed by atoms with Crippen LogP contribution in [0.25, 0.3) is 10.8 Å². The smallest absolute Gasteiger partial charge is 0.306 e. The quantitative estimate of drug-likeness (QED) is 0.307. The zero-order valence-electron chi connectivity index (χ0n) is 30.2. The van der Waals surface area contributed by atoms with E-state index in [2.05, 4.69) is 39.8 Å². The minimum atomic E-state index is -3.87. The van der Waals surface area contributed by atoms with E-state index in [0.29, 0.717) is 18.7 Å². The first-order chi connectivity index (χ1) is 25.5. The number of benzene rings is 1. The third-order valence-electron chi connectivity index (χ3n) is 12.8. The van der Waals surface area contributed by atoms with E-state index in [0.717, 1.165) is 80.5 Å². The number of esters is 1. The molecule has 12 nitrogen and oxygen atoms in total. The Morgan fingerprint density at radius 3 is 2.49 bits per heavy atom. The molecule has 3 amide bonds. The van der Waals surface area contributed by atoms with E-state index < -0.39 is 56.6 Å². The maximum absolute atomic E-state index is 14.8. The van der Waals surface area contributed by atoms with E-state index in [-0.39, 0.29) is 55.6 Å². The van der Waals surface area contributed by atoms with Gasteiger partial charge in [0.25, 0.3) is 5.91 Å². The van der Waals surface area contributed by atoms with Gasteiger partial charge in [0.1, 0.15) is 23.8 Å². The van der Waals surface area contributed by atoms with Crippen LogP contribution < -0.4 is 14.8 Å². The predicted molar refractivity (Wildman–Crippen MR) is 196 cm³/mol. The second-order valence-electron chi connectivity index (χ2n) is 16.3. The third kappa shape index (κ3) is 7.29. The Morgan fingerprint density at radius 2 is 1.74 bits per heavy atom. The molecular weight excluding hydrogens is 697 g/mol. The number of amides is 3. The maximum atomic E-state index is 14.8. The van der Waals surface area contributed by atoms with Crippen LogP contribution in [0.3, 0.4) is 0 Å². The van der Waals surface area contributed by atoms with Crippen LogP contribution in [0.4, 0.5) is 0 Å². The molecular formula is C40H50N4O8S. The van der Waals surface area contributed by atoms with E-state index in [1.165, 1.54) is 4.90 Å². The molecule has 7 atom stereocenters. The van der Waals surface area contributed by atoms with Crippen molar-refractivity contribution in [3.8, 4) is 5.88 Å². The number of sulfonamides is 1. The van der Waals surface area contributed by atoms with Crippen LogP contribution in [-0.2, 0) is 40.4 Å². The van der Waals surface area contributed by atoms with Gasteiger partial charge in [-0.05, 0) is 106 Å². The number of nitrogens with one attached hydrogen (secondary N) is 2. The van der Waals surface area contributed by atoms with Gasteiger partial charge in [-0.15, -0.1) is 6.58 Å². The number of carbonyl (C=O) groups is 4. The lowest BCUT2D eigenvalue weighted by atomic mass is 9.86. The second-order valence-corrected chi connectivity index (χ2v) is 18.3. The SMILES string of the molecule is C=C[C@H]1C[C@]1(NC(=O)[C@@H]1C[C@@H]2CN1C(=O)[C@H](C1CCCC1)CC(=O)O[C@@H]1CCC[C@H]1CCCc1ccc3ccnc(c3c1)O2)C(=O)NS(=O)(=O)C1CC1. The first-order valence-electron chi connectivity index (χ1n) is 19.6. The maximum Gasteiger partial charge on any atom is 0.306 e. The summed E-state index contributed by atoms with van der Waals surface area (Å²) in [6, 6.07) is 7.18. The molecule has 284 valence electrons. The van der Waals surface area contributed by atoms with Crippen LogP contribution in [0.2, 0.25) is 0 Å². The highest BCUT2D eigenvalue weighted by atomic mass is 32.2. The summed E-state index contributed by atoms with van der Waals surface area (Å²) in [6.07, 6.45) is 12.8. The lowest BCUT2D eigenvalue weighted by Gasteiger charge is -2.32. The van der Waals surface area contributed by atoms with Crippen molar-refractivity contribution in [2.75, 3.05) is 6.54 Å². The molecule has 8 rings (SSSR count). The summed E-state index contributed by atoms with van der Waals surface area (Å²) in [5.41, 5.74) is -0.350. The van der Waals surface area contributed by atoms with E-state index in [1.54, 1.807) is 12.3 Å².